The van der Waals surface area contributed by atoms with Gasteiger partial charge in [-0.2, -0.15) is 0 Å². The monoisotopic (exact) mass is 217 g/mol. The van der Waals surface area contributed by atoms with E-state index >= 15 is 0 Å². The van der Waals surface area contributed by atoms with Crippen LogP contribution >= 0.6 is 0 Å². The fourth-order valence-electron chi connectivity index (χ4n) is 0.725. The Kier molecular flexibility index (Phi) is 3.70. The zero-order valence-corrected chi connectivity index (χ0v) is 9.29. The number of aromatic hydroxyl groups is 1. The van der Waals surface area contributed by atoms with E-state index in [0.717, 1.165) is 0 Å². The summed E-state index contributed by atoms with van der Waals surface area (Å²) in [5, 5.41) is 17.4. The van der Waals surface area contributed by atoms with Gasteiger partial charge in [-0.3, -0.25) is 0 Å². The SMILES string of the molecule is Nc1ccc(O)c(C(=O)O)c1.[Zn]. The van der Waals surface area contributed by atoms with Gasteiger partial charge in [0.25, 0.3) is 0 Å². The Morgan fingerprint density at radius 1 is 1.42 bits per heavy atom. The van der Waals surface area contributed by atoms with E-state index in [0.29, 0.717) is 5.69 Å². The molecule has 0 aliphatic carbocycles. The van der Waals surface area contributed by atoms with Crippen molar-refractivity contribution >= 4 is 11.7 Å². The Morgan fingerprint density at radius 2 is 2.00 bits per heavy atom. The third-order valence-corrected chi connectivity index (χ3v) is 1.25. The van der Waals surface area contributed by atoms with Crippen molar-refractivity contribution in [3.05, 3.63) is 23.8 Å². The molecule has 0 spiro atoms. The van der Waals surface area contributed by atoms with E-state index in [-0.39, 0.29) is 30.8 Å². The molecule has 4 nitrogen and oxygen atoms in total. The standard InChI is InChI=1S/C7H7NO3.Zn/c8-4-1-2-6(9)5(3-4)7(10)11;/h1-3,9H,8H2,(H,10,11);. The molecule has 0 saturated heterocycles. The Morgan fingerprint density at radius 3 is 2.42 bits per heavy atom. The maximum atomic E-state index is 10.4. The van der Waals surface area contributed by atoms with Crippen LogP contribution in [0.1, 0.15) is 10.4 Å². The van der Waals surface area contributed by atoms with Crippen molar-refractivity contribution in [2.24, 2.45) is 0 Å². The number of phenols is 1. The maximum Gasteiger partial charge on any atom is 0.339 e. The molecule has 0 saturated carbocycles. The summed E-state index contributed by atoms with van der Waals surface area (Å²) in [5.74, 6) is -1.46. The minimum atomic E-state index is -1.19. The summed E-state index contributed by atoms with van der Waals surface area (Å²) in [6.45, 7) is 0. The second-order valence-electron chi connectivity index (χ2n) is 2.08. The Bertz CT molecular complexity index is 301. The largest absolute Gasteiger partial charge is 0.507 e. The Balaban J connectivity index is 0.00000121. The molecular formula is C7H7NO3Zn. The molecule has 0 fully saturated rings. The number of benzene rings is 1. The van der Waals surface area contributed by atoms with Gasteiger partial charge in [0.15, 0.2) is 0 Å². The van der Waals surface area contributed by atoms with Gasteiger partial charge in [0.2, 0.25) is 0 Å². The van der Waals surface area contributed by atoms with E-state index in [2.05, 4.69) is 0 Å². The van der Waals surface area contributed by atoms with Gasteiger partial charge in [-0.1, -0.05) is 0 Å². The zero-order chi connectivity index (χ0) is 8.43. The van der Waals surface area contributed by atoms with Crippen molar-refractivity contribution in [2.45, 2.75) is 0 Å². The van der Waals surface area contributed by atoms with Gasteiger partial charge in [0.05, 0.1) is 0 Å². The van der Waals surface area contributed by atoms with Crippen LogP contribution in [-0.4, -0.2) is 16.2 Å². The molecule has 0 unspecified atom stereocenters. The van der Waals surface area contributed by atoms with Crippen LogP contribution in [0, 0.1) is 0 Å². The summed E-state index contributed by atoms with van der Waals surface area (Å²) in [7, 11) is 0. The molecule has 5 heteroatoms. The molecule has 0 amide bonds. The first kappa shape index (κ1) is 10.9. The van der Waals surface area contributed by atoms with E-state index in [1.54, 1.807) is 0 Å². The molecule has 12 heavy (non-hydrogen) atoms. The van der Waals surface area contributed by atoms with Crippen molar-refractivity contribution in [1.29, 1.82) is 0 Å². The predicted molar refractivity (Wildman–Crippen MR) is 39.5 cm³/mol. The summed E-state index contributed by atoms with van der Waals surface area (Å²) in [6, 6.07) is 3.89. The molecule has 0 bridgehead atoms. The summed E-state index contributed by atoms with van der Waals surface area (Å²) in [6.07, 6.45) is 0. The average molecular weight is 219 g/mol. The minimum Gasteiger partial charge on any atom is -0.507 e. The fraction of sp³-hybridized carbons (Fsp3) is 0. The van der Waals surface area contributed by atoms with E-state index in [4.69, 9.17) is 15.9 Å². The maximum absolute atomic E-state index is 10.4. The average Bonchev–Trinajstić information content (AvgIpc) is 1.94. The number of carboxylic acids is 1. The normalized spacial score (nSPS) is 8.67. The number of hydrogen-bond acceptors (Lipinski definition) is 3. The number of rotatable bonds is 1. The third kappa shape index (κ3) is 2.20. The quantitative estimate of drug-likeness (QED) is 0.368. The molecule has 0 heterocycles. The number of aromatic carboxylic acids is 1. The molecule has 0 aliphatic heterocycles. The van der Waals surface area contributed by atoms with Gasteiger partial charge in [0.1, 0.15) is 11.3 Å². The van der Waals surface area contributed by atoms with Crippen molar-refractivity contribution in [3.63, 3.8) is 0 Å². The van der Waals surface area contributed by atoms with Gasteiger partial charge in [-0.05, 0) is 18.2 Å². The molecule has 1 rings (SSSR count). The number of carbonyl (C=O) groups is 1. The smallest absolute Gasteiger partial charge is 0.339 e. The van der Waals surface area contributed by atoms with Gasteiger partial charge in [0, 0.05) is 25.2 Å². The molecule has 1 aromatic carbocycles. The van der Waals surface area contributed by atoms with Crippen molar-refractivity contribution < 1.29 is 34.5 Å². The number of nitrogens with two attached hydrogens (primary N) is 1. The summed E-state index contributed by atoms with van der Waals surface area (Å²) >= 11 is 0. The van der Waals surface area contributed by atoms with Crippen LogP contribution in [0.3, 0.4) is 0 Å². The first-order chi connectivity index (χ1) is 5.11. The van der Waals surface area contributed by atoms with E-state index < -0.39 is 5.97 Å². The molecular weight excluding hydrogens is 211 g/mol. The van der Waals surface area contributed by atoms with Gasteiger partial charge < -0.3 is 15.9 Å². The van der Waals surface area contributed by atoms with Crippen LogP contribution < -0.4 is 5.73 Å². The second-order valence-corrected chi connectivity index (χ2v) is 2.08. The number of nitrogen functional groups attached to an aromatic ring is 1. The van der Waals surface area contributed by atoms with Crippen LogP contribution in [0.5, 0.6) is 5.75 Å². The summed E-state index contributed by atoms with van der Waals surface area (Å²) in [4.78, 5) is 10.4. The topological polar surface area (TPSA) is 83.5 Å². The molecule has 0 aromatic heterocycles. The molecule has 0 radical (unpaired) electrons. The van der Waals surface area contributed by atoms with Crippen molar-refractivity contribution in [1.82, 2.24) is 0 Å². The fourth-order valence-corrected chi connectivity index (χ4v) is 0.725. The molecule has 0 atom stereocenters. The van der Waals surface area contributed by atoms with Crippen LogP contribution in [0.15, 0.2) is 18.2 Å². The Hall–Kier alpha value is -1.09. The zero-order valence-electron chi connectivity index (χ0n) is 6.32. The van der Waals surface area contributed by atoms with Crippen LogP contribution in [0.2, 0.25) is 0 Å². The first-order valence-corrected chi connectivity index (χ1v) is 2.93. The van der Waals surface area contributed by atoms with E-state index in [1.807, 2.05) is 0 Å². The van der Waals surface area contributed by atoms with Crippen molar-refractivity contribution in [3.8, 4) is 5.75 Å². The molecule has 60 valence electrons. The van der Waals surface area contributed by atoms with Crippen molar-refractivity contribution in [2.75, 3.05) is 5.73 Å². The molecule has 4 N–H and O–H groups in total. The molecule has 0 aliphatic rings. The summed E-state index contributed by atoms with van der Waals surface area (Å²) in [5.41, 5.74) is 5.43. The minimum absolute atomic E-state index is 0. The van der Waals surface area contributed by atoms with Gasteiger partial charge >= 0.3 is 5.97 Å². The number of hydrogen-bond donors (Lipinski definition) is 3. The number of carboxylic acid groups (broad SMARTS) is 1. The first-order valence-electron chi connectivity index (χ1n) is 2.93. The second kappa shape index (κ2) is 4.07. The molecule has 1 aromatic rings. The van der Waals surface area contributed by atoms with E-state index in [9.17, 15) is 4.79 Å². The van der Waals surface area contributed by atoms with Crippen LogP contribution in [0.4, 0.5) is 5.69 Å². The van der Waals surface area contributed by atoms with Crippen LogP contribution in [0.25, 0.3) is 0 Å². The van der Waals surface area contributed by atoms with E-state index in [1.165, 1.54) is 18.2 Å². The third-order valence-electron chi connectivity index (χ3n) is 1.25. The van der Waals surface area contributed by atoms with Crippen LogP contribution in [-0.2, 0) is 19.5 Å². The Labute approximate surface area is 81.8 Å². The predicted octanol–water partition coefficient (Wildman–Crippen LogP) is 0.670. The number of anilines is 1. The van der Waals surface area contributed by atoms with Gasteiger partial charge in [-0.25, -0.2) is 4.79 Å². The summed E-state index contributed by atoms with van der Waals surface area (Å²) < 4.78 is 0. The van der Waals surface area contributed by atoms with Gasteiger partial charge in [-0.15, -0.1) is 0 Å².